The fourth-order valence-corrected chi connectivity index (χ4v) is 4.98. The van der Waals surface area contributed by atoms with Gasteiger partial charge in [-0.2, -0.15) is 5.26 Å². The van der Waals surface area contributed by atoms with E-state index in [4.69, 9.17) is 10.00 Å². The smallest absolute Gasteiger partial charge is 0.314 e. The van der Waals surface area contributed by atoms with Crippen LogP contribution in [0, 0.1) is 35.0 Å². The Balaban J connectivity index is 1.43. The molecule has 1 aromatic carbocycles. The fourth-order valence-electron chi connectivity index (χ4n) is 4.98. The van der Waals surface area contributed by atoms with Gasteiger partial charge in [0.1, 0.15) is 5.75 Å². The maximum atomic E-state index is 12.4. The molecule has 2 fully saturated rings. The van der Waals surface area contributed by atoms with Gasteiger partial charge >= 0.3 is 5.97 Å². The monoisotopic (exact) mass is 353 g/mol. The topological polar surface area (TPSA) is 50.1 Å². The molecule has 0 N–H and O–H groups in total. The first-order valence-electron chi connectivity index (χ1n) is 10.4. The highest BCUT2D eigenvalue weighted by molar-refractivity contribution is 5.75. The van der Waals surface area contributed by atoms with Crippen LogP contribution in [-0.4, -0.2) is 5.97 Å². The Morgan fingerprint density at radius 1 is 1.00 bits per heavy atom. The Kier molecular flexibility index (Phi) is 6.72. The van der Waals surface area contributed by atoms with Gasteiger partial charge in [0.15, 0.2) is 0 Å². The predicted molar refractivity (Wildman–Crippen MR) is 103 cm³/mol. The van der Waals surface area contributed by atoms with Crippen LogP contribution in [0.5, 0.6) is 5.75 Å². The molecule has 3 nitrogen and oxygen atoms in total. The summed E-state index contributed by atoms with van der Waals surface area (Å²) in [5.74, 6) is 3.16. The van der Waals surface area contributed by atoms with Gasteiger partial charge in [0.25, 0.3) is 0 Å². The highest BCUT2D eigenvalue weighted by Gasteiger charge is 2.33. The number of nitriles is 1. The summed E-state index contributed by atoms with van der Waals surface area (Å²) in [5.41, 5.74) is 0.582. The van der Waals surface area contributed by atoms with Crippen LogP contribution < -0.4 is 4.74 Å². The van der Waals surface area contributed by atoms with E-state index in [0.29, 0.717) is 11.3 Å². The van der Waals surface area contributed by atoms with E-state index in [2.05, 4.69) is 13.0 Å². The van der Waals surface area contributed by atoms with E-state index >= 15 is 0 Å². The van der Waals surface area contributed by atoms with Crippen LogP contribution in [0.25, 0.3) is 0 Å². The molecule has 2 saturated carbocycles. The molecule has 0 bridgehead atoms. The van der Waals surface area contributed by atoms with Gasteiger partial charge in [0.05, 0.1) is 17.6 Å². The number of hydrogen-bond donors (Lipinski definition) is 0. The molecule has 3 heteroatoms. The summed E-state index contributed by atoms with van der Waals surface area (Å²) in [6.07, 6.45) is 12.6. The molecule has 0 spiro atoms. The van der Waals surface area contributed by atoms with Gasteiger partial charge in [-0.15, -0.1) is 0 Å². The third-order valence-electron chi connectivity index (χ3n) is 6.56. The molecule has 2 aliphatic carbocycles. The normalized spacial score (nSPS) is 28.9. The van der Waals surface area contributed by atoms with Crippen molar-refractivity contribution in [2.24, 2.45) is 23.7 Å². The minimum absolute atomic E-state index is 0.0401. The minimum Gasteiger partial charge on any atom is -0.426 e. The van der Waals surface area contributed by atoms with Gasteiger partial charge in [0, 0.05) is 0 Å². The standard InChI is InChI=1S/C23H31NO2/c1-2-3-17-4-8-19(9-5-17)20-10-12-21(13-11-20)23(25)26-22-14-6-18(16-24)7-15-22/h6-7,14-15,17,19-21H,2-5,8-13H2,1H3/t17-,19-,20-,21-. The number of carbonyl (C=O) groups excluding carboxylic acids is 1. The molecule has 2 aliphatic rings. The van der Waals surface area contributed by atoms with Crippen LogP contribution in [-0.2, 0) is 4.79 Å². The summed E-state index contributed by atoms with van der Waals surface area (Å²) in [5, 5.41) is 8.83. The average Bonchev–Trinajstić information content (AvgIpc) is 2.69. The minimum atomic E-state index is -0.0974. The molecule has 0 radical (unpaired) electrons. The van der Waals surface area contributed by atoms with E-state index in [1.165, 1.54) is 51.4 Å². The molecule has 0 saturated heterocycles. The SMILES string of the molecule is CCC[C@H]1CC[C@H]([C@H]2CC[C@H](C(=O)Oc3ccc(C#N)cc3)CC2)CC1. The molecule has 0 aliphatic heterocycles. The van der Waals surface area contributed by atoms with Gasteiger partial charge in [-0.05, 0) is 80.5 Å². The lowest BCUT2D eigenvalue weighted by atomic mass is 9.69. The number of esters is 1. The van der Waals surface area contributed by atoms with Gasteiger partial charge in [-0.25, -0.2) is 0 Å². The lowest BCUT2D eigenvalue weighted by Gasteiger charge is -2.37. The van der Waals surface area contributed by atoms with E-state index in [1.54, 1.807) is 24.3 Å². The first-order valence-corrected chi connectivity index (χ1v) is 10.4. The summed E-state index contributed by atoms with van der Waals surface area (Å²) < 4.78 is 5.53. The van der Waals surface area contributed by atoms with Crippen LogP contribution in [0.4, 0.5) is 0 Å². The molecule has 0 unspecified atom stereocenters. The molecule has 0 aromatic heterocycles. The second-order valence-corrected chi connectivity index (χ2v) is 8.24. The number of nitrogens with zero attached hydrogens (tertiary/aromatic N) is 1. The Labute approximate surface area is 157 Å². The summed E-state index contributed by atoms with van der Waals surface area (Å²) in [7, 11) is 0. The van der Waals surface area contributed by atoms with E-state index in [9.17, 15) is 4.79 Å². The summed E-state index contributed by atoms with van der Waals surface area (Å²) >= 11 is 0. The molecule has 3 rings (SSSR count). The number of benzene rings is 1. The van der Waals surface area contributed by atoms with Crippen molar-refractivity contribution in [3.63, 3.8) is 0 Å². The van der Waals surface area contributed by atoms with E-state index < -0.39 is 0 Å². The summed E-state index contributed by atoms with van der Waals surface area (Å²) in [6.45, 7) is 2.30. The van der Waals surface area contributed by atoms with Crippen molar-refractivity contribution in [3.8, 4) is 11.8 Å². The second-order valence-electron chi connectivity index (χ2n) is 8.24. The maximum absolute atomic E-state index is 12.4. The van der Waals surface area contributed by atoms with Crippen molar-refractivity contribution in [1.82, 2.24) is 0 Å². The Hall–Kier alpha value is -1.82. The zero-order valence-electron chi connectivity index (χ0n) is 16.0. The largest absolute Gasteiger partial charge is 0.426 e. The van der Waals surface area contributed by atoms with Gasteiger partial charge in [-0.3, -0.25) is 4.79 Å². The van der Waals surface area contributed by atoms with Crippen LogP contribution in [0.1, 0.15) is 76.7 Å². The quantitative estimate of drug-likeness (QED) is 0.491. The number of rotatable bonds is 5. The highest BCUT2D eigenvalue weighted by Crippen LogP contribution is 2.42. The maximum Gasteiger partial charge on any atom is 0.314 e. The summed E-state index contributed by atoms with van der Waals surface area (Å²) in [4.78, 5) is 12.4. The van der Waals surface area contributed by atoms with Gasteiger partial charge in [0.2, 0.25) is 0 Å². The lowest BCUT2D eigenvalue weighted by molar-refractivity contribution is -0.140. The van der Waals surface area contributed by atoms with E-state index in [0.717, 1.165) is 30.6 Å². The van der Waals surface area contributed by atoms with Gasteiger partial charge in [-0.1, -0.05) is 32.6 Å². The average molecular weight is 354 g/mol. The van der Waals surface area contributed by atoms with E-state index in [-0.39, 0.29) is 11.9 Å². The van der Waals surface area contributed by atoms with Crippen LogP contribution >= 0.6 is 0 Å². The van der Waals surface area contributed by atoms with Crippen molar-refractivity contribution in [3.05, 3.63) is 29.8 Å². The van der Waals surface area contributed by atoms with Crippen LogP contribution in [0.2, 0.25) is 0 Å². The molecule has 0 heterocycles. The molecule has 0 atom stereocenters. The zero-order chi connectivity index (χ0) is 18.4. The van der Waals surface area contributed by atoms with Crippen molar-refractivity contribution in [2.45, 2.75) is 71.1 Å². The molecule has 1 aromatic rings. The summed E-state index contributed by atoms with van der Waals surface area (Å²) in [6, 6.07) is 8.86. The molecule has 0 amide bonds. The Morgan fingerprint density at radius 2 is 1.58 bits per heavy atom. The van der Waals surface area contributed by atoms with Crippen molar-refractivity contribution < 1.29 is 9.53 Å². The third-order valence-corrected chi connectivity index (χ3v) is 6.56. The second kappa shape index (κ2) is 9.21. The first kappa shape index (κ1) is 19.0. The van der Waals surface area contributed by atoms with Crippen LogP contribution in [0.3, 0.4) is 0 Å². The molecular formula is C23H31NO2. The predicted octanol–water partition coefficient (Wildman–Crippen LogP) is 5.88. The zero-order valence-corrected chi connectivity index (χ0v) is 16.0. The first-order chi connectivity index (χ1) is 12.7. The molecule has 26 heavy (non-hydrogen) atoms. The Bertz CT molecular complexity index is 615. The number of carbonyl (C=O) groups is 1. The fraction of sp³-hybridized carbons (Fsp3) is 0.652. The van der Waals surface area contributed by atoms with Crippen molar-refractivity contribution >= 4 is 5.97 Å². The number of ether oxygens (including phenoxy) is 1. The van der Waals surface area contributed by atoms with E-state index in [1.807, 2.05) is 0 Å². The third kappa shape index (κ3) is 4.87. The highest BCUT2D eigenvalue weighted by atomic mass is 16.5. The molecular weight excluding hydrogens is 322 g/mol. The van der Waals surface area contributed by atoms with Crippen LogP contribution in [0.15, 0.2) is 24.3 Å². The Morgan fingerprint density at radius 3 is 2.12 bits per heavy atom. The van der Waals surface area contributed by atoms with Crippen molar-refractivity contribution in [2.75, 3.05) is 0 Å². The number of hydrogen-bond acceptors (Lipinski definition) is 3. The van der Waals surface area contributed by atoms with Crippen molar-refractivity contribution in [1.29, 1.82) is 5.26 Å². The van der Waals surface area contributed by atoms with Gasteiger partial charge < -0.3 is 4.74 Å². The molecule has 140 valence electrons. The lowest BCUT2D eigenvalue weighted by Crippen LogP contribution is -2.30.